The van der Waals surface area contributed by atoms with E-state index >= 15 is 0 Å². The van der Waals surface area contributed by atoms with Gasteiger partial charge < -0.3 is 14.5 Å². The highest BCUT2D eigenvalue weighted by Gasteiger charge is 2.24. The highest BCUT2D eigenvalue weighted by atomic mass is 32.2. The molecule has 0 unspecified atom stereocenters. The van der Waals surface area contributed by atoms with Crippen LogP contribution in [0.15, 0.2) is 17.4 Å². The quantitative estimate of drug-likeness (QED) is 0.749. The molecule has 2 saturated heterocycles. The molecule has 1 aromatic rings. The molecule has 0 spiro atoms. The monoisotopic (exact) mass is 322 g/mol. The van der Waals surface area contributed by atoms with E-state index in [2.05, 4.69) is 19.8 Å². The summed E-state index contributed by atoms with van der Waals surface area (Å²) >= 11 is 1.64. The van der Waals surface area contributed by atoms with Crippen LogP contribution in [0.5, 0.6) is 0 Å². The molecule has 0 N–H and O–H groups in total. The minimum atomic E-state index is 0.338. The van der Waals surface area contributed by atoms with Crippen molar-refractivity contribution in [2.75, 3.05) is 50.5 Å². The predicted molar refractivity (Wildman–Crippen MR) is 90.7 cm³/mol. The maximum absolute atomic E-state index is 6.08. The first kappa shape index (κ1) is 16.0. The summed E-state index contributed by atoms with van der Waals surface area (Å²) in [4.78, 5) is 13.7. The molecule has 0 aliphatic carbocycles. The SMILES string of the molecule is CSc1cncc(N2CC[C@H](OCCN3CCCCC3)C2)n1. The molecule has 3 heterocycles. The number of rotatable bonds is 6. The van der Waals surface area contributed by atoms with Crippen molar-refractivity contribution in [3.8, 4) is 0 Å². The first-order chi connectivity index (χ1) is 10.8. The molecular formula is C16H26N4OS. The highest BCUT2D eigenvalue weighted by Crippen LogP contribution is 2.21. The van der Waals surface area contributed by atoms with Crippen molar-refractivity contribution in [2.24, 2.45) is 0 Å². The summed E-state index contributed by atoms with van der Waals surface area (Å²) < 4.78 is 6.08. The number of ether oxygens (including phenoxy) is 1. The number of nitrogens with zero attached hydrogens (tertiary/aromatic N) is 4. The molecule has 0 amide bonds. The Morgan fingerprint density at radius 1 is 1.23 bits per heavy atom. The average Bonchev–Trinajstić information content (AvgIpc) is 3.05. The van der Waals surface area contributed by atoms with Crippen molar-refractivity contribution >= 4 is 17.6 Å². The summed E-state index contributed by atoms with van der Waals surface area (Å²) in [5.74, 6) is 0.981. The molecule has 1 atom stereocenters. The van der Waals surface area contributed by atoms with Crippen LogP contribution in [0.4, 0.5) is 5.82 Å². The maximum atomic E-state index is 6.08. The summed E-state index contributed by atoms with van der Waals surface area (Å²) in [6, 6.07) is 0. The fraction of sp³-hybridized carbons (Fsp3) is 0.750. The van der Waals surface area contributed by atoms with Crippen LogP contribution in [0.1, 0.15) is 25.7 Å². The maximum Gasteiger partial charge on any atom is 0.148 e. The topological polar surface area (TPSA) is 41.5 Å². The van der Waals surface area contributed by atoms with Gasteiger partial charge in [0.25, 0.3) is 0 Å². The van der Waals surface area contributed by atoms with E-state index < -0.39 is 0 Å². The largest absolute Gasteiger partial charge is 0.375 e. The molecule has 0 radical (unpaired) electrons. The Kier molecular flexibility index (Phi) is 5.92. The molecule has 1 aromatic heterocycles. The van der Waals surface area contributed by atoms with Gasteiger partial charge in [-0.05, 0) is 38.6 Å². The standard InChI is InChI=1S/C16H26N4OS/c1-22-16-12-17-11-15(18-16)20-8-5-14(13-20)21-10-9-19-6-3-2-4-7-19/h11-12,14H,2-10,13H2,1H3/t14-/m0/s1. The molecule has 22 heavy (non-hydrogen) atoms. The van der Waals surface area contributed by atoms with Crippen molar-refractivity contribution in [3.63, 3.8) is 0 Å². The van der Waals surface area contributed by atoms with Crippen LogP contribution < -0.4 is 4.90 Å². The van der Waals surface area contributed by atoms with E-state index in [1.165, 1.54) is 32.4 Å². The Bertz CT molecular complexity index is 467. The second kappa shape index (κ2) is 8.13. The number of hydrogen-bond donors (Lipinski definition) is 0. The summed E-state index contributed by atoms with van der Waals surface area (Å²) in [6.07, 6.45) is 11.2. The zero-order chi connectivity index (χ0) is 15.2. The van der Waals surface area contributed by atoms with Gasteiger partial charge in [0.15, 0.2) is 0 Å². The van der Waals surface area contributed by atoms with Gasteiger partial charge in [-0.2, -0.15) is 0 Å². The van der Waals surface area contributed by atoms with E-state index in [1.54, 1.807) is 11.8 Å². The van der Waals surface area contributed by atoms with Crippen molar-refractivity contribution in [2.45, 2.75) is 36.8 Å². The lowest BCUT2D eigenvalue weighted by Gasteiger charge is -2.26. The number of piperidine rings is 1. The number of anilines is 1. The summed E-state index contributed by atoms with van der Waals surface area (Å²) in [5.41, 5.74) is 0. The van der Waals surface area contributed by atoms with Crippen LogP contribution in [0.3, 0.4) is 0 Å². The number of aromatic nitrogens is 2. The van der Waals surface area contributed by atoms with E-state index in [4.69, 9.17) is 4.74 Å². The van der Waals surface area contributed by atoms with Crippen molar-refractivity contribution < 1.29 is 4.74 Å². The fourth-order valence-electron chi connectivity index (χ4n) is 3.19. The van der Waals surface area contributed by atoms with Crippen molar-refractivity contribution in [1.29, 1.82) is 0 Å². The Morgan fingerprint density at radius 2 is 2.09 bits per heavy atom. The molecule has 0 aromatic carbocycles. The Labute approximate surface area is 137 Å². The zero-order valence-corrected chi connectivity index (χ0v) is 14.2. The molecule has 3 rings (SSSR count). The van der Waals surface area contributed by atoms with E-state index in [-0.39, 0.29) is 0 Å². The highest BCUT2D eigenvalue weighted by molar-refractivity contribution is 7.98. The molecule has 2 fully saturated rings. The normalized spacial score (nSPS) is 23.1. The number of likely N-dealkylation sites (tertiary alicyclic amines) is 1. The van der Waals surface area contributed by atoms with Gasteiger partial charge in [-0.15, -0.1) is 11.8 Å². The van der Waals surface area contributed by atoms with Crippen LogP contribution in [-0.4, -0.2) is 66.6 Å². The summed E-state index contributed by atoms with van der Waals surface area (Å²) in [6.45, 7) is 6.38. The van der Waals surface area contributed by atoms with Gasteiger partial charge in [-0.1, -0.05) is 6.42 Å². The first-order valence-corrected chi connectivity index (χ1v) is 9.52. The smallest absolute Gasteiger partial charge is 0.148 e. The second-order valence-corrected chi connectivity index (χ2v) is 6.88. The number of hydrogen-bond acceptors (Lipinski definition) is 6. The lowest BCUT2D eigenvalue weighted by atomic mass is 10.1. The third-order valence-electron chi connectivity index (χ3n) is 4.49. The molecule has 0 saturated carbocycles. The minimum Gasteiger partial charge on any atom is -0.375 e. The third kappa shape index (κ3) is 4.33. The van der Waals surface area contributed by atoms with E-state index in [0.29, 0.717) is 6.10 Å². The van der Waals surface area contributed by atoms with Crippen molar-refractivity contribution in [3.05, 3.63) is 12.4 Å². The lowest BCUT2D eigenvalue weighted by Crippen LogP contribution is -2.34. The van der Waals surface area contributed by atoms with Gasteiger partial charge in [-0.25, -0.2) is 4.98 Å². The predicted octanol–water partition coefficient (Wildman–Crippen LogP) is 2.28. The number of thioether (sulfide) groups is 1. The van der Waals surface area contributed by atoms with Crippen LogP contribution in [0.25, 0.3) is 0 Å². The molecule has 122 valence electrons. The van der Waals surface area contributed by atoms with Gasteiger partial charge in [0.1, 0.15) is 10.8 Å². The van der Waals surface area contributed by atoms with Gasteiger partial charge >= 0.3 is 0 Å². The fourth-order valence-corrected chi connectivity index (χ4v) is 3.54. The Hall–Kier alpha value is -0.850. The van der Waals surface area contributed by atoms with Crippen LogP contribution in [-0.2, 0) is 4.74 Å². The zero-order valence-electron chi connectivity index (χ0n) is 13.4. The van der Waals surface area contributed by atoms with Crippen molar-refractivity contribution in [1.82, 2.24) is 14.9 Å². The lowest BCUT2D eigenvalue weighted by molar-refractivity contribution is 0.0467. The van der Waals surface area contributed by atoms with Gasteiger partial charge in [0.2, 0.25) is 0 Å². The second-order valence-electron chi connectivity index (χ2n) is 6.05. The van der Waals surface area contributed by atoms with Crippen LogP contribution in [0, 0.1) is 0 Å². The molecular weight excluding hydrogens is 296 g/mol. The van der Waals surface area contributed by atoms with E-state index in [9.17, 15) is 0 Å². The molecule has 6 heteroatoms. The molecule has 2 aliphatic rings. The summed E-state index contributed by atoms with van der Waals surface area (Å²) in [5, 5.41) is 0.979. The average molecular weight is 322 g/mol. The summed E-state index contributed by atoms with van der Waals surface area (Å²) in [7, 11) is 0. The van der Waals surface area contributed by atoms with Crippen LogP contribution >= 0.6 is 11.8 Å². The molecule has 5 nitrogen and oxygen atoms in total. The van der Waals surface area contributed by atoms with Gasteiger partial charge in [0, 0.05) is 19.6 Å². The molecule has 2 aliphatic heterocycles. The third-order valence-corrected chi connectivity index (χ3v) is 5.10. The first-order valence-electron chi connectivity index (χ1n) is 8.30. The Morgan fingerprint density at radius 3 is 2.91 bits per heavy atom. The van der Waals surface area contributed by atoms with E-state index in [0.717, 1.165) is 43.5 Å². The van der Waals surface area contributed by atoms with E-state index in [1.807, 2.05) is 18.6 Å². The minimum absolute atomic E-state index is 0.338. The van der Waals surface area contributed by atoms with Crippen LogP contribution in [0.2, 0.25) is 0 Å². The molecule has 0 bridgehead atoms. The van der Waals surface area contributed by atoms with Gasteiger partial charge in [-0.3, -0.25) is 4.98 Å². The Balaban J connectivity index is 1.41. The van der Waals surface area contributed by atoms with Gasteiger partial charge in [0.05, 0.1) is 25.1 Å².